The molecule has 1 heterocycles. The summed E-state index contributed by atoms with van der Waals surface area (Å²) in [6, 6.07) is 2.22. The maximum atomic E-state index is 11.8. The van der Waals surface area contributed by atoms with E-state index in [4.69, 9.17) is 0 Å². The topological polar surface area (TPSA) is 34.0 Å². The summed E-state index contributed by atoms with van der Waals surface area (Å²) in [4.78, 5) is 11.8. The third-order valence-corrected chi connectivity index (χ3v) is 3.35. The van der Waals surface area contributed by atoms with E-state index in [1.165, 1.54) is 0 Å². The highest BCUT2D eigenvalue weighted by molar-refractivity contribution is 9.10. The van der Waals surface area contributed by atoms with Crippen LogP contribution < -0.4 is 5.32 Å². The van der Waals surface area contributed by atoms with Gasteiger partial charge in [-0.05, 0) is 40.8 Å². The Morgan fingerprint density at radius 3 is 2.73 bits per heavy atom. The molecule has 4 heteroatoms. The second-order valence-electron chi connectivity index (χ2n) is 4.40. The Labute approximate surface area is 98.0 Å². The number of hydrogen-bond acceptors (Lipinski definition) is 1. The Morgan fingerprint density at radius 1 is 1.60 bits per heavy atom. The van der Waals surface area contributed by atoms with E-state index in [9.17, 15) is 4.79 Å². The first-order valence-electron chi connectivity index (χ1n) is 5.19. The Morgan fingerprint density at radius 2 is 2.27 bits per heavy atom. The smallest absolute Gasteiger partial charge is 0.268 e. The molecule has 0 aliphatic heterocycles. The van der Waals surface area contributed by atoms with Gasteiger partial charge in [-0.25, -0.2) is 0 Å². The molecule has 0 spiro atoms. The molecule has 0 saturated heterocycles. The van der Waals surface area contributed by atoms with Crippen molar-refractivity contribution in [2.75, 3.05) is 0 Å². The zero-order valence-electron chi connectivity index (χ0n) is 8.96. The van der Waals surface area contributed by atoms with Crippen LogP contribution in [0.3, 0.4) is 0 Å². The van der Waals surface area contributed by atoms with Gasteiger partial charge in [0.15, 0.2) is 0 Å². The zero-order valence-corrected chi connectivity index (χ0v) is 10.5. The van der Waals surface area contributed by atoms with Crippen LogP contribution in [0.5, 0.6) is 0 Å². The van der Waals surface area contributed by atoms with Gasteiger partial charge in [0.2, 0.25) is 0 Å². The number of aromatic nitrogens is 1. The highest BCUT2D eigenvalue weighted by Crippen LogP contribution is 2.26. The van der Waals surface area contributed by atoms with Gasteiger partial charge in [0.05, 0.1) is 0 Å². The average molecular weight is 271 g/mol. The molecule has 15 heavy (non-hydrogen) atoms. The molecule has 1 saturated carbocycles. The Hall–Kier alpha value is -0.770. The Balaban J connectivity index is 1.99. The molecule has 1 aromatic rings. The van der Waals surface area contributed by atoms with E-state index in [1.54, 1.807) is 0 Å². The molecule has 2 rings (SSSR count). The lowest BCUT2D eigenvalue weighted by atomic mass is 9.82. The normalized spacial score (nSPS) is 24.7. The van der Waals surface area contributed by atoms with E-state index >= 15 is 0 Å². The zero-order chi connectivity index (χ0) is 11.0. The third-order valence-electron chi connectivity index (χ3n) is 2.91. The first kappa shape index (κ1) is 10.7. The molecule has 0 aromatic carbocycles. The first-order valence-corrected chi connectivity index (χ1v) is 5.98. The number of amides is 1. The Bertz CT molecular complexity index is 380. The fourth-order valence-electron chi connectivity index (χ4n) is 2.03. The summed E-state index contributed by atoms with van der Waals surface area (Å²) in [6.45, 7) is 2.21. The van der Waals surface area contributed by atoms with Gasteiger partial charge < -0.3 is 9.88 Å². The molecule has 0 radical (unpaired) electrons. The van der Waals surface area contributed by atoms with Crippen molar-refractivity contribution in [2.45, 2.75) is 25.8 Å². The number of halogens is 1. The van der Waals surface area contributed by atoms with Gasteiger partial charge in [0.1, 0.15) is 5.69 Å². The molecule has 0 bridgehead atoms. The molecule has 1 N–H and O–H groups in total. The van der Waals surface area contributed by atoms with Gasteiger partial charge in [-0.3, -0.25) is 4.79 Å². The molecule has 0 atom stereocenters. The van der Waals surface area contributed by atoms with Gasteiger partial charge in [-0.2, -0.15) is 0 Å². The van der Waals surface area contributed by atoms with Crippen LogP contribution in [0.4, 0.5) is 0 Å². The van der Waals surface area contributed by atoms with Crippen LogP contribution in [-0.2, 0) is 7.05 Å². The van der Waals surface area contributed by atoms with Gasteiger partial charge >= 0.3 is 0 Å². The van der Waals surface area contributed by atoms with E-state index in [0.29, 0.717) is 11.7 Å². The summed E-state index contributed by atoms with van der Waals surface area (Å²) in [6.07, 6.45) is 4.10. The fraction of sp³-hybridized carbons (Fsp3) is 0.545. The lowest BCUT2D eigenvalue weighted by molar-refractivity contribution is 0.0888. The minimum atomic E-state index is 0.0279. The molecule has 1 amide bonds. The minimum absolute atomic E-state index is 0.0279. The van der Waals surface area contributed by atoms with Crippen LogP contribution in [-0.4, -0.2) is 16.5 Å². The molecule has 1 aliphatic carbocycles. The fourth-order valence-corrected chi connectivity index (χ4v) is 2.55. The Kier molecular flexibility index (Phi) is 2.87. The van der Waals surface area contributed by atoms with Gasteiger partial charge in [0.25, 0.3) is 5.91 Å². The first-order chi connectivity index (χ1) is 7.06. The number of carbonyl (C=O) groups excluding carboxylic acids is 1. The molecule has 3 nitrogen and oxygen atoms in total. The van der Waals surface area contributed by atoms with Gasteiger partial charge in [0, 0.05) is 23.8 Å². The van der Waals surface area contributed by atoms with Crippen LogP contribution in [0.25, 0.3) is 0 Å². The molecule has 1 aliphatic rings. The number of hydrogen-bond donors (Lipinski definition) is 1. The van der Waals surface area contributed by atoms with Gasteiger partial charge in [-0.15, -0.1) is 0 Å². The monoisotopic (exact) mass is 270 g/mol. The van der Waals surface area contributed by atoms with Crippen LogP contribution in [0.1, 0.15) is 30.3 Å². The molecular weight excluding hydrogens is 256 g/mol. The number of rotatable bonds is 2. The lowest BCUT2D eigenvalue weighted by Gasteiger charge is -2.33. The van der Waals surface area contributed by atoms with Crippen molar-refractivity contribution in [1.29, 1.82) is 0 Å². The second-order valence-corrected chi connectivity index (χ2v) is 5.32. The average Bonchev–Trinajstić information content (AvgIpc) is 2.42. The summed E-state index contributed by atoms with van der Waals surface area (Å²) in [7, 11) is 1.88. The maximum Gasteiger partial charge on any atom is 0.268 e. The van der Waals surface area contributed by atoms with Crippen LogP contribution >= 0.6 is 15.9 Å². The summed E-state index contributed by atoms with van der Waals surface area (Å²) in [5.74, 6) is 0.788. The number of nitrogens with zero attached hydrogens (tertiary/aromatic N) is 1. The van der Waals surface area contributed by atoms with Crippen LogP contribution in [0.15, 0.2) is 16.7 Å². The van der Waals surface area contributed by atoms with Crippen molar-refractivity contribution in [3.63, 3.8) is 0 Å². The van der Waals surface area contributed by atoms with Crippen molar-refractivity contribution in [3.05, 3.63) is 22.4 Å². The second kappa shape index (κ2) is 4.00. The summed E-state index contributed by atoms with van der Waals surface area (Å²) in [5.41, 5.74) is 0.710. The third kappa shape index (κ3) is 2.25. The molecule has 82 valence electrons. The summed E-state index contributed by atoms with van der Waals surface area (Å²) >= 11 is 3.36. The summed E-state index contributed by atoms with van der Waals surface area (Å²) < 4.78 is 2.78. The summed E-state index contributed by atoms with van der Waals surface area (Å²) in [5, 5.41) is 3.04. The van der Waals surface area contributed by atoms with Crippen molar-refractivity contribution >= 4 is 21.8 Å². The standard InChI is InChI=1S/C11H15BrN2O/c1-7-3-9(4-7)13-11(15)10-5-8(12)6-14(10)2/h5-7,9H,3-4H2,1-2H3,(H,13,15). The highest BCUT2D eigenvalue weighted by Gasteiger charge is 2.27. The van der Waals surface area contributed by atoms with E-state index in [2.05, 4.69) is 28.2 Å². The SMILES string of the molecule is CC1CC(NC(=O)c2cc(Br)cn2C)C1. The van der Waals surface area contributed by atoms with Crippen LogP contribution in [0, 0.1) is 5.92 Å². The predicted molar refractivity (Wildman–Crippen MR) is 62.8 cm³/mol. The lowest BCUT2D eigenvalue weighted by Crippen LogP contribution is -2.43. The van der Waals surface area contributed by atoms with Crippen molar-refractivity contribution < 1.29 is 4.79 Å². The number of aryl methyl sites for hydroxylation is 1. The number of nitrogens with one attached hydrogen (secondary N) is 1. The quantitative estimate of drug-likeness (QED) is 0.880. The minimum Gasteiger partial charge on any atom is -0.348 e. The molecular formula is C11H15BrN2O. The van der Waals surface area contributed by atoms with E-state index in [1.807, 2.05) is 23.9 Å². The highest BCUT2D eigenvalue weighted by atomic mass is 79.9. The van der Waals surface area contributed by atoms with Crippen molar-refractivity contribution in [2.24, 2.45) is 13.0 Å². The molecule has 1 fully saturated rings. The van der Waals surface area contributed by atoms with E-state index < -0.39 is 0 Å². The van der Waals surface area contributed by atoms with Crippen molar-refractivity contribution in [3.8, 4) is 0 Å². The maximum absolute atomic E-state index is 11.8. The van der Waals surface area contributed by atoms with E-state index in [-0.39, 0.29) is 5.91 Å². The van der Waals surface area contributed by atoms with Crippen molar-refractivity contribution in [1.82, 2.24) is 9.88 Å². The predicted octanol–water partition coefficient (Wildman–Crippen LogP) is 2.32. The van der Waals surface area contributed by atoms with E-state index in [0.717, 1.165) is 23.2 Å². The molecule has 1 aromatic heterocycles. The van der Waals surface area contributed by atoms with Gasteiger partial charge in [-0.1, -0.05) is 6.92 Å². The molecule has 0 unspecified atom stereocenters. The largest absolute Gasteiger partial charge is 0.348 e. The van der Waals surface area contributed by atoms with Crippen LogP contribution in [0.2, 0.25) is 0 Å². The number of carbonyl (C=O) groups is 1.